The fourth-order valence-corrected chi connectivity index (χ4v) is 2.66. The number of nitrogens with two attached hydrogens (primary N) is 1. The molecule has 1 amide bonds. The van der Waals surface area contributed by atoms with Gasteiger partial charge in [0.25, 0.3) is 5.91 Å². The number of aryl methyl sites for hydroxylation is 1. The summed E-state index contributed by atoms with van der Waals surface area (Å²) in [6, 6.07) is 10.1. The normalized spacial score (nSPS) is 11.3. The summed E-state index contributed by atoms with van der Waals surface area (Å²) < 4.78 is 23.8. The van der Waals surface area contributed by atoms with E-state index in [2.05, 4.69) is 5.32 Å². The Morgan fingerprint density at radius 3 is 2.48 bits per heavy atom. The first-order valence-electron chi connectivity index (χ1n) is 6.45. The average Bonchev–Trinajstić information content (AvgIpc) is 2.87. The highest BCUT2D eigenvalue weighted by atomic mass is 32.2. The molecule has 3 N–H and O–H groups in total. The zero-order valence-electron chi connectivity index (χ0n) is 11.6. The Hall–Kier alpha value is -2.12. The number of hydrogen-bond acceptors (Lipinski definition) is 3. The number of nitrogens with zero attached hydrogens (tertiary/aromatic N) is 1. The number of sulfonamides is 1. The lowest BCUT2D eigenvalue weighted by atomic mass is 10.2. The van der Waals surface area contributed by atoms with Crippen molar-refractivity contribution in [3.63, 3.8) is 0 Å². The number of aromatic nitrogens is 1. The molecule has 0 atom stereocenters. The van der Waals surface area contributed by atoms with Gasteiger partial charge in [0.1, 0.15) is 5.69 Å². The molecule has 0 aliphatic carbocycles. The van der Waals surface area contributed by atoms with E-state index in [1.807, 2.05) is 23.8 Å². The standard InChI is InChI=1S/C14H17N3O3S/c1-2-17-9-3-4-13(17)14(18)16-12-7-5-11(6-8-12)10-21(15,19)20/h3-9H,2,10H2,1H3,(H,16,18)(H2,15,19,20). The van der Waals surface area contributed by atoms with Crippen LogP contribution in [0.5, 0.6) is 0 Å². The molecule has 0 radical (unpaired) electrons. The molecule has 0 bridgehead atoms. The number of nitrogens with one attached hydrogen (secondary N) is 1. The van der Waals surface area contributed by atoms with Crippen LogP contribution in [-0.4, -0.2) is 18.9 Å². The molecule has 1 aromatic carbocycles. The van der Waals surface area contributed by atoms with Crippen LogP contribution in [0.3, 0.4) is 0 Å². The van der Waals surface area contributed by atoms with Crippen molar-refractivity contribution < 1.29 is 13.2 Å². The molecule has 0 unspecified atom stereocenters. The second-order valence-electron chi connectivity index (χ2n) is 4.64. The van der Waals surface area contributed by atoms with E-state index in [0.29, 0.717) is 23.5 Å². The van der Waals surface area contributed by atoms with Gasteiger partial charge in [0, 0.05) is 18.4 Å². The number of hydrogen-bond donors (Lipinski definition) is 2. The maximum Gasteiger partial charge on any atom is 0.272 e. The van der Waals surface area contributed by atoms with Gasteiger partial charge in [0.15, 0.2) is 0 Å². The van der Waals surface area contributed by atoms with E-state index < -0.39 is 10.0 Å². The van der Waals surface area contributed by atoms with Gasteiger partial charge in [-0.2, -0.15) is 0 Å². The second-order valence-corrected chi connectivity index (χ2v) is 6.25. The zero-order chi connectivity index (χ0) is 15.5. The van der Waals surface area contributed by atoms with Crippen molar-refractivity contribution in [1.82, 2.24) is 4.57 Å². The van der Waals surface area contributed by atoms with Gasteiger partial charge in [-0.3, -0.25) is 4.79 Å². The van der Waals surface area contributed by atoms with Crippen molar-refractivity contribution in [1.29, 1.82) is 0 Å². The monoisotopic (exact) mass is 307 g/mol. The summed E-state index contributed by atoms with van der Waals surface area (Å²) in [5.74, 6) is -0.430. The number of anilines is 1. The van der Waals surface area contributed by atoms with E-state index >= 15 is 0 Å². The summed E-state index contributed by atoms with van der Waals surface area (Å²) in [7, 11) is -3.55. The number of primary sulfonamides is 1. The second kappa shape index (κ2) is 6.11. The number of amides is 1. The molecule has 0 aliphatic heterocycles. The molecule has 1 aromatic heterocycles. The fraction of sp³-hybridized carbons (Fsp3) is 0.214. The van der Waals surface area contributed by atoms with Crippen LogP contribution in [-0.2, 0) is 22.3 Å². The van der Waals surface area contributed by atoms with Crippen molar-refractivity contribution in [3.05, 3.63) is 53.9 Å². The van der Waals surface area contributed by atoms with Crippen LogP contribution >= 0.6 is 0 Å². The molecule has 2 rings (SSSR count). The first kappa shape index (κ1) is 15.3. The van der Waals surface area contributed by atoms with Crippen LogP contribution in [0.2, 0.25) is 0 Å². The number of carbonyl (C=O) groups is 1. The van der Waals surface area contributed by atoms with Gasteiger partial charge in [0.2, 0.25) is 10.0 Å². The number of rotatable bonds is 5. The average molecular weight is 307 g/mol. The number of benzene rings is 1. The van der Waals surface area contributed by atoms with Gasteiger partial charge in [-0.05, 0) is 36.8 Å². The lowest BCUT2D eigenvalue weighted by Gasteiger charge is -2.08. The summed E-state index contributed by atoms with van der Waals surface area (Å²) in [4.78, 5) is 12.1. The highest BCUT2D eigenvalue weighted by Gasteiger charge is 2.10. The molecule has 0 aliphatic rings. The molecular weight excluding hydrogens is 290 g/mol. The fourth-order valence-electron chi connectivity index (χ4n) is 2.01. The lowest BCUT2D eigenvalue weighted by Crippen LogP contribution is -2.16. The van der Waals surface area contributed by atoms with Crippen molar-refractivity contribution >= 4 is 21.6 Å². The molecule has 0 saturated heterocycles. The minimum atomic E-state index is -3.55. The molecule has 21 heavy (non-hydrogen) atoms. The van der Waals surface area contributed by atoms with Gasteiger partial charge in [0.05, 0.1) is 5.75 Å². The highest BCUT2D eigenvalue weighted by Crippen LogP contribution is 2.13. The third-order valence-corrected chi connectivity index (χ3v) is 3.72. The largest absolute Gasteiger partial charge is 0.344 e. The van der Waals surface area contributed by atoms with Crippen LogP contribution in [0, 0.1) is 0 Å². The summed E-state index contributed by atoms with van der Waals surface area (Å²) >= 11 is 0. The van der Waals surface area contributed by atoms with Crippen LogP contribution in [0.15, 0.2) is 42.6 Å². The molecule has 0 saturated carbocycles. The maximum absolute atomic E-state index is 12.1. The third kappa shape index (κ3) is 4.17. The van der Waals surface area contributed by atoms with Gasteiger partial charge in [-0.15, -0.1) is 0 Å². The highest BCUT2D eigenvalue weighted by molar-refractivity contribution is 7.88. The van der Waals surface area contributed by atoms with E-state index in [9.17, 15) is 13.2 Å². The van der Waals surface area contributed by atoms with Gasteiger partial charge < -0.3 is 9.88 Å². The van der Waals surface area contributed by atoms with Gasteiger partial charge >= 0.3 is 0 Å². The van der Waals surface area contributed by atoms with E-state index in [0.717, 1.165) is 0 Å². The van der Waals surface area contributed by atoms with Gasteiger partial charge in [-0.1, -0.05) is 12.1 Å². The SMILES string of the molecule is CCn1cccc1C(=O)Nc1ccc(CS(N)(=O)=O)cc1. The molecule has 6 nitrogen and oxygen atoms in total. The Balaban J connectivity index is 2.08. The molecule has 112 valence electrons. The van der Waals surface area contributed by atoms with Gasteiger partial charge in [-0.25, -0.2) is 13.6 Å². The Labute approximate surface area is 123 Å². The maximum atomic E-state index is 12.1. The summed E-state index contributed by atoms with van der Waals surface area (Å²) in [6.45, 7) is 2.67. The quantitative estimate of drug-likeness (QED) is 0.877. The van der Waals surface area contributed by atoms with Crippen LogP contribution < -0.4 is 10.5 Å². The summed E-state index contributed by atoms with van der Waals surface area (Å²) in [5.41, 5.74) is 1.75. The molecular formula is C14H17N3O3S. The van der Waals surface area contributed by atoms with E-state index in [1.54, 1.807) is 30.3 Å². The first-order valence-corrected chi connectivity index (χ1v) is 8.16. The topological polar surface area (TPSA) is 94.2 Å². The minimum absolute atomic E-state index is 0.207. The van der Waals surface area contributed by atoms with Crippen molar-refractivity contribution in [2.75, 3.05) is 5.32 Å². The minimum Gasteiger partial charge on any atom is -0.344 e. The Morgan fingerprint density at radius 1 is 1.24 bits per heavy atom. The molecule has 0 fully saturated rings. The molecule has 1 heterocycles. The predicted molar refractivity (Wildman–Crippen MR) is 81.3 cm³/mol. The Bertz CT molecular complexity index is 733. The van der Waals surface area contributed by atoms with E-state index in [1.165, 1.54) is 0 Å². The third-order valence-electron chi connectivity index (χ3n) is 2.98. The predicted octanol–water partition coefficient (Wildman–Crippen LogP) is 1.55. The summed E-state index contributed by atoms with van der Waals surface area (Å²) in [6.07, 6.45) is 1.84. The molecule has 7 heteroatoms. The Morgan fingerprint density at radius 2 is 1.90 bits per heavy atom. The van der Waals surface area contributed by atoms with Crippen LogP contribution in [0.1, 0.15) is 23.0 Å². The summed E-state index contributed by atoms with van der Waals surface area (Å²) in [5, 5.41) is 7.75. The van der Waals surface area contributed by atoms with Crippen molar-refractivity contribution in [2.45, 2.75) is 19.2 Å². The van der Waals surface area contributed by atoms with Crippen LogP contribution in [0.25, 0.3) is 0 Å². The zero-order valence-corrected chi connectivity index (χ0v) is 12.4. The Kier molecular flexibility index (Phi) is 4.44. The van der Waals surface area contributed by atoms with Crippen LogP contribution in [0.4, 0.5) is 5.69 Å². The van der Waals surface area contributed by atoms with E-state index in [-0.39, 0.29) is 11.7 Å². The van der Waals surface area contributed by atoms with Crippen molar-refractivity contribution in [2.24, 2.45) is 5.14 Å². The lowest BCUT2D eigenvalue weighted by molar-refractivity contribution is 0.101. The smallest absolute Gasteiger partial charge is 0.272 e. The molecule has 0 spiro atoms. The van der Waals surface area contributed by atoms with Crippen molar-refractivity contribution in [3.8, 4) is 0 Å². The number of carbonyl (C=O) groups excluding carboxylic acids is 1. The first-order chi connectivity index (χ1) is 9.89. The van der Waals surface area contributed by atoms with E-state index in [4.69, 9.17) is 5.14 Å². The molecule has 2 aromatic rings.